The molecule has 3 rings (SSSR count). The highest BCUT2D eigenvalue weighted by molar-refractivity contribution is 6.26. The molecule has 2 aromatic carbocycles. The summed E-state index contributed by atoms with van der Waals surface area (Å²) in [6, 6.07) is 16.5. The zero-order chi connectivity index (χ0) is 31.5. The summed E-state index contributed by atoms with van der Waals surface area (Å²) in [5.74, 6) is -0.525. The Labute approximate surface area is 256 Å². The molecule has 43 heavy (non-hydrogen) atoms. The second kappa shape index (κ2) is 16.3. The topological polar surface area (TPSA) is 102 Å². The summed E-state index contributed by atoms with van der Waals surface area (Å²) >= 11 is 0. The van der Waals surface area contributed by atoms with Gasteiger partial charge in [0.15, 0.2) is 11.6 Å². The van der Waals surface area contributed by atoms with Crippen molar-refractivity contribution in [2.24, 2.45) is 28.8 Å². The molecule has 0 aromatic heterocycles. The van der Waals surface area contributed by atoms with Crippen molar-refractivity contribution in [3.63, 3.8) is 0 Å². The number of aliphatic hydroxyl groups is 1. The number of methoxy groups -OCH3 is 1. The predicted molar refractivity (Wildman–Crippen MR) is 169 cm³/mol. The van der Waals surface area contributed by atoms with Gasteiger partial charge in [0.05, 0.1) is 24.8 Å². The minimum Gasteiger partial charge on any atom is -0.496 e. The second-order valence-electron chi connectivity index (χ2n) is 12.2. The number of oxime groups is 1. The van der Waals surface area contributed by atoms with Crippen molar-refractivity contribution in [3.8, 4) is 5.75 Å². The number of rotatable bonds is 14. The SMILES string of the molecule is COc1ccccc1C(O)CC1/C=C(/C(C)=N/OC(C)C)C(=O)C(CC[C@@H](CC(=O)c2ccccc2)C(C)C)C(=O)CC1. The highest BCUT2D eigenvalue weighted by Gasteiger charge is 2.34. The third kappa shape index (κ3) is 9.72. The van der Waals surface area contributed by atoms with E-state index in [4.69, 9.17) is 9.57 Å². The van der Waals surface area contributed by atoms with Crippen LogP contribution in [0.4, 0.5) is 0 Å². The van der Waals surface area contributed by atoms with Crippen molar-refractivity contribution in [1.82, 2.24) is 0 Å². The van der Waals surface area contributed by atoms with Crippen molar-refractivity contribution in [2.75, 3.05) is 7.11 Å². The van der Waals surface area contributed by atoms with Crippen LogP contribution in [0.2, 0.25) is 0 Å². The molecule has 3 unspecified atom stereocenters. The number of hydrogen-bond donors (Lipinski definition) is 1. The maximum atomic E-state index is 14.0. The maximum Gasteiger partial charge on any atom is 0.174 e. The Morgan fingerprint density at radius 3 is 2.35 bits per heavy atom. The van der Waals surface area contributed by atoms with Crippen LogP contribution >= 0.6 is 0 Å². The van der Waals surface area contributed by atoms with E-state index in [1.54, 1.807) is 20.1 Å². The zero-order valence-electron chi connectivity index (χ0n) is 26.4. The van der Waals surface area contributed by atoms with Gasteiger partial charge in [0.25, 0.3) is 0 Å². The first-order valence-electron chi connectivity index (χ1n) is 15.4. The van der Waals surface area contributed by atoms with Crippen molar-refractivity contribution in [3.05, 3.63) is 77.4 Å². The third-order valence-corrected chi connectivity index (χ3v) is 8.26. The minimum absolute atomic E-state index is 0.0361. The molecule has 1 N–H and O–H groups in total. The quantitative estimate of drug-likeness (QED) is 0.107. The third-order valence-electron chi connectivity index (χ3n) is 8.26. The molecule has 2 aromatic rings. The predicted octanol–water partition coefficient (Wildman–Crippen LogP) is 7.34. The lowest BCUT2D eigenvalue weighted by Gasteiger charge is -2.27. The molecule has 0 spiro atoms. The van der Waals surface area contributed by atoms with E-state index in [9.17, 15) is 19.5 Å². The van der Waals surface area contributed by atoms with Crippen LogP contribution in [0.5, 0.6) is 5.75 Å². The second-order valence-corrected chi connectivity index (χ2v) is 12.2. The number of allylic oxidation sites excluding steroid dienone is 2. The number of Topliss-reactive ketones (excluding diaryl/α,β-unsaturated/α-hetero) is 3. The van der Waals surface area contributed by atoms with Gasteiger partial charge >= 0.3 is 0 Å². The lowest BCUT2D eigenvalue weighted by atomic mass is 9.77. The summed E-state index contributed by atoms with van der Waals surface area (Å²) in [6.07, 6.45) is 3.23. The molecule has 0 aliphatic heterocycles. The molecule has 0 fully saturated rings. The molecule has 1 aliphatic carbocycles. The van der Waals surface area contributed by atoms with Gasteiger partial charge in [0.2, 0.25) is 0 Å². The summed E-state index contributed by atoms with van der Waals surface area (Å²) < 4.78 is 5.43. The van der Waals surface area contributed by atoms with Gasteiger partial charge in [-0.1, -0.05) is 73.6 Å². The number of aliphatic hydroxyl groups excluding tert-OH is 1. The van der Waals surface area contributed by atoms with E-state index >= 15 is 0 Å². The Balaban J connectivity index is 1.85. The first-order chi connectivity index (χ1) is 20.5. The lowest BCUT2D eigenvalue weighted by molar-refractivity contribution is -0.131. The molecule has 7 heteroatoms. The largest absolute Gasteiger partial charge is 0.496 e. The summed E-state index contributed by atoms with van der Waals surface area (Å²) in [7, 11) is 1.56. The number of benzene rings is 2. The fraction of sp³-hybridized carbons (Fsp3) is 0.500. The molecule has 0 amide bonds. The fourth-order valence-corrected chi connectivity index (χ4v) is 5.63. The van der Waals surface area contributed by atoms with E-state index < -0.39 is 12.0 Å². The molecule has 0 saturated heterocycles. The van der Waals surface area contributed by atoms with E-state index in [-0.39, 0.29) is 47.6 Å². The average molecular weight is 590 g/mol. The molecule has 0 bridgehead atoms. The Bertz CT molecular complexity index is 1300. The van der Waals surface area contributed by atoms with E-state index in [2.05, 4.69) is 19.0 Å². The zero-order valence-corrected chi connectivity index (χ0v) is 26.4. The molecular formula is C36H47NO6. The van der Waals surface area contributed by atoms with Gasteiger partial charge in [-0.05, 0) is 70.3 Å². The molecule has 232 valence electrons. The Morgan fingerprint density at radius 2 is 1.70 bits per heavy atom. The Kier molecular flexibility index (Phi) is 12.9. The first-order valence-corrected chi connectivity index (χ1v) is 15.4. The number of nitrogens with zero attached hydrogens (tertiary/aromatic N) is 1. The van der Waals surface area contributed by atoms with E-state index in [1.165, 1.54) is 0 Å². The van der Waals surface area contributed by atoms with Gasteiger partial charge in [0.1, 0.15) is 17.6 Å². The summed E-state index contributed by atoms with van der Waals surface area (Å²) in [5.41, 5.74) is 2.11. The molecular weight excluding hydrogens is 542 g/mol. The van der Waals surface area contributed by atoms with E-state index in [0.717, 1.165) is 0 Å². The van der Waals surface area contributed by atoms with Crippen LogP contribution in [0, 0.1) is 23.7 Å². The van der Waals surface area contributed by atoms with Crippen LogP contribution in [-0.2, 0) is 14.4 Å². The van der Waals surface area contributed by atoms with Crippen molar-refractivity contribution >= 4 is 23.1 Å². The number of carbonyl (C=O) groups is 3. The number of ketones is 3. The molecule has 0 heterocycles. The summed E-state index contributed by atoms with van der Waals surface area (Å²) in [4.78, 5) is 46.1. The van der Waals surface area contributed by atoms with Crippen LogP contribution in [0.3, 0.4) is 0 Å². The maximum absolute atomic E-state index is 14.0. The van der Waals surface area contributed by atoms with Gasteiger partial charge in [-0.15, -0.1) is 0 Å². The highest BCUT2D eigenvalue weighted by atomic mass is 16.6. The fourth-order valence-electron chi connectivity index (χ4n) is 5.63. The Hall–Kier alpha value is -3.58. The van der Waals surface area contributed by atoms with Crippen molar-refractivity contribution < 1.29 is 29.1 Å². The van der Waals surface area contributed by atoms with E-state index in [0.29, 0.717) is 60.3 Å². The van der Waals surface area contributed by atoms with Crippen LogP contribution in [0.1, 0.15) is 95.2 Å². The number of carbonyl (C=O) groups excluding carboxylic acids is 3. The molecule has 7 nitrogen and oxygen atoms in total. The Morgan fingerprint density at radius 1 is 1.02 bits per heavy atom. The first kappa shape index (κ1) is 33.9. The van der Waals surface area contributed by atoms with Crippen LogP contribution in [0.15, 0.2) is 71.4 Å². The van der Waals surface area contributed by atoms with Crippen LogP contribution < -0.4 is 4.74 Å². The average Bonchev–Trinajstić information content (AvgIpc) is 2.99. The standard InChI is InChI=1S/C36H47NO6/c1-23(2)28(22-33(39)27-12-8-7-9-13-27)17-18-30-32(38)19-16-26(20-31(36(30)41)25(5)37-43-24(3)4)21-34(40)29-14-10-11-15-35(29)42-6/h7-15,20,23-24,26,28,30,34,40H,16-19,21-22H2,1-6H3/b31-20-,37-25+/t26?,28-,30?,34?/m0/s1. The smallest absolute Gasteiger partial charge is 0.174 e. The minimum atomic E-state index is -0.836. The van der Waals surface area contributed by atoms with Gasteiger partial charge < -0.3 is 14.7 Å². The number of para-hydroxylation sites is 1. The van der Waals surface area contributed by atoms with Crippen LogP contribution in [-0.4, -0.2) is 41.4 Å². The highest BCUT2D eigenvalue weighted by Crippen LogP contribution is 2.35. The molecule has 0 saturated carbocycles. The van der Waals surface area contributed by atoms with Crippen molar-refractivity contribution in [1.29, 1.82) is 0 Å². The monoisotopic (exact) mass is 589 g/mol. The van der Waals surface area contributed by atoms with Crippen LogP contribution in [0.25, 0.3) is 0 Å². The molecule has 1 aliphatic rings. The van der Waals surface area contributed by atoms with Gasteiger partial charge in [-0.2, -0.15) is 0 Å². The molecule has 0 radical (unpaired) electrons. The number of ether oxygens (including phenoxy) is 1. The van der Waals surface area contributed by atoms with E-state index in [1.807, 2.05) is 68.5 Å². The number of hydrogen-bond acceptors (Lipinski definition) is 7. The van der Waals surface area contributed by atoms with Gasteiger partial charge in [0, 0.05) is 29.5 Å². The van der Waals surface area contributed by atoms with Gasteiger partial charge in [-0.3, -0.25) is 14.4 Å². The molecule has 4 atom stereocenters. The van der Waals surface area contributed by atoms with Crippen molar-refractivity contribution in [2.45, 2.75) is 85.4 Å². The summed E-state index contributed by atoms with van der Waals surface area (Å²) in [6.45, 7) is 9.58. The normalized spacial score (nSPS) is 20.7. The summed E-state index contributed by atoms with van der Waals surface area (Å²) in [5, 5.41) is 15.3. The lowest BCUT2D eigenvalue weighted by Crippen LogP contribution is -2.31. The van der Waals surface area contributed by atoms with Gasteiger partial charge in [-0.25, -0.2) is 0 Å².